The molecule has 1 aliphatic heterocycles. The summed E-state index contributed by atoms with van der Waals surface area (Å²) < 4.78 is 6.33. The van der Waals surface area contributed by atoms with Crippen molar-refractivity contribution in [2.75, 3.05) is 20.3 Å². The molecule has 18 heavy (non-hydrogen) atoms. The molecule has 0 aliphatic carbocycles. The van der Waals surface area contributed by atoms with Gasteiger partial charge in [0.05, 0.1) is 11.6 Å². The summed E-state index contributed by atoms with van der Waals surface area (Å²) in [7, 11) is 1.70. The lowest BCUT2D eigenvalue weighted by Crippen LogP contribution is -2.42. The molecule has 0 radical (unpaired) electrons. The van der Waals surface area contributed by atoms with Gasteiger partial charge in [0.15, 0.2) is 5.06 Å². The Morgan fingerprint density at radius 3 is 2.94 bits per heavy atom. The smallest absolute Gasteiger partial charge is 0.188 e. The van der Waals surface area contributed by atoms with Gasteiger partial charge in [0.2, 0.25) is 0 Å². The molecular weight excluding hydrogens is 314 g/mol. The van der Waals surface area contributed by atoms with Gasteiger partial charge in [0, 0.05) is 30.6 Å². The van der Waals surface area contributed by atoms with Crippen molar-refractivity contribution in [3.8, 4) is 5.06 Å². The predicted molar refractivity (Wildman–Crippen MR) is 78.3 cm³/mol. The largest absolute Gasteiger partial charge is 0.486 e. The van der Waals surface area contributed by atoms with Crippen LogP contribution >= 0.6 is 27.3 Å². The average Bonchev–Trinajstić information content (AvgIpc) is 2.72. The third-order valence-electron chi connectivity index (χ3n) is 3.62. The van der Waals surface area contributed by atoms with E-state index in [9.17, 15) is 5.11 Å². The van der Waals surface area contributed by atoms with Crippen molar-refractivity contribution in [3.63, 3.8) is 0 Å². The highest BCUT2D eigenvalue weighted by molar-refractivity contribution is 9.10. The van der Waals surface area contributed by atoms with Crippen LogP contribution in [0.5, 0.6) is 5.06 Å². The molecular formula is C13H20BrNO2S. The lowest BCUT2D eigenvalue weighted by atomic mass is 9.94. The summed E-state index contributed by atoms with van der Waals surface area (Å²) in [5, 5.41) is 10.2. The van der Waals surface area contributed by atoms with Gasteiger partial charge in [-0.25, -0.2) is 0 Å². The second-order valence-corrected chi connectivity index (χ2v) is 6.91. The minimum absolute atomic E-state index is 0.306. The fraction of sp³-hybridized carbons (Fsp3) is 0.692. The molecule has 1 saturated heterocycles. The SMILES string of the molecule is COc1sc(CN2CC(CO)CCC2C)cc1Br. The number of aliphatic hydroxyl groups excluding tert-OH is 1. The van der Waals surface area contributed by atoms with E-state index in [0.29, 0.717) is 18.6 Å². The maximum atomic E-state index is 9.30. The summed E-state index contributed by atoms with van der Waals surface area (Å²) in [5.74, 6) is 0.437. The zero-order chi connectivity index (χ0) is 13.1. The molecule has 2 rings (SSSR count). The van der Waals surface area contributed by atoms with Crippen LogP contribution in [0.4, 0.5) is 0 Å². The third kappa shape index (κ3) is 3.26. The summed E-state index contributed by atoms with van der Waals surface area (Å²) in [6.45, 7) is 4.52. The topological polar surface area (TPSA) is 32.7 Å². The summed E-state index contributed by atoms with van der Waals surface area (Å²) >= 11 is 5.20. The van der Waals surface area contributed by atoms with Crippen molar-refractivity contribution in [2.45, 2.75) is 32.4 Å². The van der Waals surface area contributed by atoms with E-state index in [-0.39, 0.29) is 0 Å². The van der Waals surface area contributed by atoms with E-state index in [0.717, 1.165) is 29.0 Å². The van der Waals surface area contributed by atoms with Crippen molar-refractivity contribution in [1.82, 2.24) is 4.90 Å². The fourth-order valence-corrected chi connectivity index (χ4v) is 4.16. The lowest BCUT2D eigenvalue weighted by Gasteiger charge is -2.37. The number of halogens is 1. The summed E-state index contributed by atoms with van der Waals surface area (Å²) in [5.41, 5.74) is 0. The number of hydrogen-bond acceptors (Lipinski definition) is 4. The first-order valence-corrected chi connectivity index (χ1v) is 7.92. The first-order valence-electron chi connectivity index (χ1n) is 6.31. The molecule has 0 amide bonds. The number of aliphatic hydroxyl groups is 1. The van der Waals surface area contributed by atoms with E-state index in [1.54, 1.807) is 18.4 Å². The number of thiophene rings is 1. The zero-order valence-corrected chi connectivity index (χ0v) is 13.3. The number of ether oxygens (including phenoxy) is 1. The van der Waals surface area contributed by atoms with Gasteiger partial charge in [-0.2, -0.15) is 0 Å². The minimum Gasteiger partial charge on any atom is -0.486 e. The summed E-state index contributed by atoms with van der Waals surface area (Å²) in [6.07, 6.45) is 2.32. The maximum Gasteiger partial charge on any atom is 0.188 e. The first-order chi connectivity index (χ1) is 8.63. The molecule has 2 heterocycles. The summed E-state index contributed by atoms with van der Waals surface area (Å²) in [4.78, 5) is 3.77. The van der Waals surface area contributed by atoms with Crippen LogP contribution in [0.25, 0.3) is 0 Å². The Morgan fingerprint density at radius 1 is 1.56 bits per heavy atom. The Morgan fingerprint density at radius 2 is 2.33 bits per heavy atom. The van der Waals surface area contributed by atoms with Gasteiger partial charge in [-0.15, -0.1) is 11.3 Å². The van der Waals surface area contributed by atoms with E-state index >= 15 is 0 Å². The van der Waals surface area contributed by atoms with Crippen LogP contribution in [0.2, 0.25) is 0 Å². The van der Waals surface area contributed by atoms with Gasteiger partial charge >= 0.3 is 0 Å². The van der Waals surface area contributed by atoms with E-state index in [2.05, 4.69) is 33.8 Å². The molecule has 0 spiro atoms. The number of nitrogens with zero attached hydrogens (tertiary/aromatic N) is 1. The van der Waals surface area contributed by atoms with Gasteiger partial charge in [-0.05, 0) is 47.7 Å². The first kappa shape index (κ1) is 14.3. The van der Waals surface area contributed by atoms with E-state index in [1.807, 2.05) is 0 Å². The highest BCUT2D eigenvalue weighted by atomic mass is 79.9. The molecule has 0 bridgehead atoms. The number of likely N-dealkylation sites (tertiary alicyclic amines) is 1. The molecule has 3 nitrogen and oxygen atoms in total. The van der Waals surface area contributed by atoms with Gasteiger partial charge in [-0.1, -0.05) is 0 Å². The van der Waals surface area contributed by atoms with E-state index in [4.69, 9.17) is 4.74 Å². The van der Waals surface area contributed by atoms with E-state index < -0.39 is 0 Å². The third-order valence-corrected chi connectivity index (χ3v) is 5.55. The zero-order valence-electron chi connectivity index (χ0n) is 10.9. The molecule has 0 aromatic carbocycles. The van der Waals surface area contributed by atoms with Crippen LogP contribution in [0, 0.1) is 5.92 Å². The molecule has 1 aromatic heterocycles. The van der Waals surface area contributed by atoms with Crippen molar-refractivity contribution >= 4 is 27.3 Å². The fourth-order valence-electron chi connectivity index (χ4n) is 2.45. The molecule has 1 N–H and O–H groups in total. The van der Waals surface area contributed by atoms with Crippen LogP contribution in [0.1, 0.15) is 24.6 Å². The average molecular weight is 334 g/mol. The summed E-state index contributed by atoms with van der Waals surface area (Å²) in [6, 6.07) is 2.73. The number of piperidine rings is 1. The standard InChI is InChI=1S/C13H20BrNO2S/c1-9-3-4-10(8-16)6-15(9)7-11-5-12(14)13(17-2)18-11/h5,9-10,16H,3-4,6-8H2,1-2H3. The molecule has 5 heteroatoms. The number of rotatable bonds is 4. The Hall–Kier alpha value is -0.100. The van der Waals surface area contributed by atoms with Crippen molar-refractivity contribution in [3.05, 3.63) is 15.4 Å². The normalized spacial score (nSPS) is 25.3. The maximum absolute atomic E-state index is 9.30. The van der Waals surface area contributed by atoms with Gasteiger partial charge in [0.25, 0.3) is 0 Å². The highest BCUT2D eigenvalue weighted by Crippen LogP contribution is 2.36. The minimum atomic E-state index is 0.306. The Labute approximate surface area is 121 Å². The number of hydrogen-bond donors (Lipinski definition) is 1. The quantitative estimate of drug-likeness (QED) is 0.918. The van der Waals surface area contributed by atoms with E-state index in [1.165, 1.54) is 11.3 Å². The molecule has 0 saturated carbocycles. The van der Waals surface area contributed by atoms with Crippen molar-refractivity contribution < 1.29 is 9.84 Å². The highest BCUT2D eigenvalue weighted by Gasteiger charge is 2.25. The van der Waals surface area contributed by atoms with Gasteiger partial charge in [0.1, 0.15) is 0 Å². The predicted octanol–water partition coefficient (Wildman–Crippen LogP) is 3.11. The second-order valence-electron chi connectivity index (χ2n) is 4.96. The molecule has 1 aliphatic rings. The van der Waals surface area contributed by atoms with Crippen LogP contribution in [0.3, 0.4) is 0 Å². The van der Waals surface area contributed by atoms with Crippen LogP contribution < -0.4 is 4.74 Å². The Kier molecular flexibility index (Phi) is 5.06. The van der Waals surface area contributed by atoms with Crippen LogP contribution in [-0.4, -0.2) is 36.3 Å². The Bertz CT molecular complexity index is 396. The van der Waals surface area contributed by atoms with Crippen LogP contribution in [-0.2, 0) is 6.54 Å². The van der Waals surface area contributed by atoms with Crippen molar-refractivity contribution in [2.24, 2.45) is 5.92 Å². The molecule has 2 atom stereocenters. The molecule has 2 unspecified atom stereocenters. The monoisotopic (exact) mass is 333 g/mol. The van der Waals surface area contributed by atoms with Crippen LogP contribution in [0.15, 0.2) is 10.5 Å². The Balaban J connectivity index is 2.02. The lowest BCUT2D eigenvalue weighted by molar-refractivity contribution is 0.0779. The molecule has 1 fully saturated rings. The second kappa shape index (κ2) is 6.37. The molecule has 102 valence electrons. The van der Waals surface area contributed by atoms with Gasteiger partial charge < -0.3 is 9.84 Å². The molecule has 1 aromatic rings. The number of methoxy groups -OCH3 is 1. The van der Waals surface area contributed by atoms with Crippen molar-refractivity contribution in [1.29, 1.82) is 0 Å². The van der Waals surface area contributed by atoms with Gasteiger partial charge in [-0.3, -0.25) is 4.90 Å².